The molecule has 1 aromatic heterocycles. The molecule has 1 aliphatic heterocycles. The average molecular weight is 449 g/mol. The van der Waals surface area contributed by atoms with Crippen molar-refractivity contribution in [2.24, 2.45) is 0 Å². The Morgan fingerprint density at radius 3 is 2.61 bits per heavy atom. The number of aliphatic hydroxyl groups is 1. The number of ether oxygens (including phenoxy) is 1. The second-order valence-corrected chi connectivity index (χ2v) is 10.5. The molecule has 0 bridgehead atoms. The Kier molecular flexibility index (Phi) is 7.05. The molecule has 2 aromatic rings. The predicted octanol–water partition coefficient (Wildman–Crippen LogP) is 2.52. The summed E-state index contributed by atoms with van der Waals surface area (Å²) in [5, 5.41) is 18.4. The third-order valence-corrected chi connectivity index (χ3v) is 7.95. The Hall–Kier alpha value is -1.81. The zero-order chi connectivity index (χ0) is 21.8. The van der Waals surface area contributed by atoms with E-state index in [9.17, 15) is 13.5 Å². The highest BCUT2D eigenvalue weighted by atomic mass is 32.2. The van der Waals surface area contributed by atoms with Gasteiger partial charge in [0.2, 0.25) is 10.0 Å². The van der Waals surface area contributed by atoms with Crippen molar-refractivity contribution in [3.8, 4) is 0 Å². The van der Waals surface area contributed by atoms with Gasteiger partial charge in [-0.2, -0.15) is 0 Å². The lowest BCUT2D eigenvalue weighted by Crippen LogP contribution is -2.50. The van der Waals surface area contributed by atoms with Crippen LogP contribution in [0.1, 0.15) is 62.1 Å². The molecule has 0 spiro atoms. The molecular formula is C22H32N4O4S. The fourth-order valence-corrected chi connectivity index (χ4v) is 5.87. The number of nitrogens with one attached hydrogen (secondary N) is 1. The van der Waals surface area contributed by atoms with Gasteiger partial charge in [0.1, 0.15) is 0 Å². The Labute approximate surface area is 184 Å². The molecule has 2 aliphatic rings. The molecule has 2 N–H and O–H groups in total. The highest BCUT2D eigenvalue weighted by molar-refractivity contribution is 7.89. The van der Waals surface area contributed by atoms with Crippen molar-refractivity contribution in [3.63, 3.8) is 0 Å². The second-order valence-electron chi connectivity index (χ2n) is 8.77. The van der Waals surface area contributed by atoms with E-state index in [0.29, 0.717) is 18.9 Å². The smallest absolute Gasteiger partial charge is 0.240 e. The van der Waals surface area contributed by atoms with Crippen LogP contribution in [0.15, 0.2) is 35.4 Å². The summed E-state index contributed by atoms with van der Waals surface area (Å²) in [4.78, 5) is 0.223. The van der Waals surface area contributed by atoms with E-state index in [1.807, 2.05) is 17.8 Å². The van der Waals surface area contributed by atoms with Crippen LogP contribution in [0.4, 0.5) is 0 Å². The third kappa shape index (κ3) is 5.52. The van der Waals surface area contributed by atoms with E-state index in [1.54, 1.807) is 24.3 Å². The van der Waals surface area contributed by atoms with Gasteiger partial charge in [0.25, 0.3) is 0 Å². The maximum Gasteiger partial charge on any atom is 0.240 e. The molecule has 3 atom stereocenters. The largest absolute Gasteiger partial charge is 0.394 e. The van der Waals surface area contributed by atoms with Gasteiger partial charge in [0.05, 0.1) is 35.4 Å². The van der Waals surface area contributed by atoms with Gasteiger partial charge >= 0.3 is 0 Å². The number of rotatable bonds is 8. The van der Waals surface area contributed by atoms with Gasteiger partial charge in [-0.05, 0) is 51.2 Å². The Balaban J connectivity index is 1.30. The van der Waals surface area contributed by atoms with E-state index in [4.69, 9.17) is 4.74 Å². The van der Waals surface area contributed by atoms with Gasteiger partial charge < -0.3 is 9.84 Å². The van der Waals surface area contributed by atoms with Crippen molar-refractivity contribution in [3.05, 3.63) is 41.7 Å². The first-order valence-electron chi connectivity index (χ1n) is 11.2. The van der Waals surface area contributed by atoms with E-state index in [0.717, 1.165) is 24.1 Å². The molecular weight excluding hydrogens is 416 g/mol. The maximum atomic E-state index is 12.7. The van der Waals surface area contributed by atoms with Crippen molar-refractivity contribution >= 4 is 10.0 Å². The van der Waals surface area contributed by atoms with E-state index in [2.05, 4.69) is 15.0 Å². The Morgan fingerprint density at radius 1 is 1.16 bits per heavy atom. The number of aromatic nitrogens is 3. The summed E-state index contributed by atoms with van der Waals surface area (Å²) in [7, 11) is -3.66. The van der Waals surface area contributed by atoms with Gasteiger partial charge in [0.15, 0.2) is 0 Å². The summed E-state index contributed by atoms with van der Waals surface area (Å²) < 4.78 is 36.1. The fourth-order valence-electron chi connectivity index (χ4n) is 4.57. The van der Waals surface area contributed by atoms with Crippen molar-refractivity contribution in [1.82, 2.24) is 19.7 Å². The number of aryl methyl sites for hydroxylation is 2. The molecule has 170 valence electrons. The van der Waals surface area contributed by atoms with Crippen LogP contribution in [0.2, 0.25) is 0 Å². The first-order valence-corrected chi connectivity index (χ1v) is 12.7. The van der Waals surface area contributed by atoms with E-state index in [1.165, 1.54) is 25.7 Å². The number of hydrogen-bond acceptors (Lipinski definition) is 6. The molecule has 4 rings (SSSR count). The summed E-state index contributed by atoms with van der Waals surface area (Å²) in [6.45, 7) is 2.38. The van der Waals surface area contributed by atoms with Crippen LogP contribution in [0, 0.1) is 6.92 Å². The predicted molar refractivity (Wildman–Crippen MR) is 116 cm³/mol. The quantitative estimate of drug-likeness (QED) is 0.643. The van der Waals surface area contributed by atoms with Crippen LogP contribution in [-0.4, -0.2) is 53.4 Å². The number of aliphatic hydroxyl groups excluding tert-OH is 1. The average Bonchev–Trinajstić information content (AvgIpc) is 3.45. The van der Waals surface area contributed by atoms with Crippen molar-refractivity contribution in [1.29, 1.82) is 0 Å². The SMILES string of the molecule is Cc1ccc(S(=O)(=O)N[C@H]2CC[C@H](CCn3cc(C4CCCC4)nn3)O[C@@H]2CO)cc1. The van der Waals surface area contributed by atoms with Crippen molar-refractivity contribution in [2.45, 2.75) is 87.5 Å². The van der Waals surface area contributed by atoms with Gasteiger partial charge in [-0.1, -0.05) is 35.8 Å². The first-order chi connectivity index (χ1) is 14.9. The van der Waals surface area contributed by atoms with Crippen LogP contribution < -0.4 is 4.72 Å². The number of nitrogens with zero attached hydrogens (tertiary/aromatic N) is 3. The molecule has 1 saturated heterocycles. The minimum atomic E-state index is -3.66. The van der Waals surface area contributed by atoms with Crippen LogP contribution in [-0.2, 0) is 21.3 Å². The summed E-state index contributed by atoms with van der Waals surface area (Å²) >= 11 is 0. The zero-order valence-electron chi connectivity index (χ0n) is 18.0. The number of benzene rings is 1. The molecule has 31 heavy (non-hydrogen) atoms. The number of sulfonamides is 1. The van der Waals surface area contributed by atoms with Crippen molar-refractivity contribution in [2.75, 3.05) is 6.61 Å². The van der Waals surface area contributed by atoms with Crippen LogP contribution >= 0.6 is 0 Å². The third-order valence-electron chi connectivity index (χ3n) is 6.44. The lowest BCUT2D eigenvalue weighted by atomic mass is 9.98. The van der Waals surface area contributed by atoms with Gasteiger partial charge in [-0.25, -0.2) is 13.1 Å². The molecule has 0 amide bonds. The lowest BCUT2D eigenvalue weighted by molar-refractivity contribution is -0.0891. The molecule has 2 heterocycles. The summed E-state index contributed by atoms with van der Waals surface area (Å²) in [6.07, 6.45) is 8.45. The molecule has 2 fully saturated rings. The zero-order valence-corrected chi connectivity index (χ0v) is 18.8. The van der Waals surface area contributed by atoms with Gasteiger partial charge in [0, 0.05) is 18.7 Å². The minimum absolute atomic E-state index is 0.0450. The van der Waals surface area contributed by atoms with Crippen LogP contribution in [0.25, 0.3) is 0 Å². The summed E-state index contributed by atoms with van der Waals surface area (Å²) in [5.74, 6) is 0.542. The Morgan fingerprint density at radius 2 is 1.90 bits per heavy atom. The fraction of sp³-hybridized carbons (Fsp3) is 0.636. The summed E-state index contributed by atoms with van der Waals surface area (Å²) in [6, 6.07) is 6.28. The van der Waals surface area contributed by atoms with Crippen LogP contribution in [0.3, 0.4) is 0 Å². The standard InChI is InChI=1S/C22H32N4O4S/c1-16-6-9-19(10-7-16)31(28,29)24-20-11-8-18(30-22(20)15-27)12-13-26-14-21(23-25-26)17-4-2-3-5-17/h6-7,9-10,14,17-18,20,22,24,27H,2-5,8,11-13,15H2,1H3/t18-,20+,22-/m1/s1. The number of hydrogen-bond donors (Lipinski definition) is 2. The normalized spacial score (nSPS) is 25.2. The monoisotopic (exact) mass is 448 g/mol. The van der Waals surface area contributed by atoms with Gasteiger partial charge in [-0.3, -0.25) is 4.68 Å². The second kappa shape index (κ2) is 9.77. The molecule has 8 nitrogen and oxygen atoms in total. The molecule has 0 radical (unpaired) electrons. The van der Waals surface area contributed by atoms with Gasteiger partial charge in [-0.15, -0.1) is 5.10 Å². The topological polar surface area (TPSA) is 106 Å². The first kappa shape index (κ1) is 22.4. The van der Waals surface area contributed by atoms with Crippen LogP contribution in [0.5, 0.6) is 0 Å². The molecule has 1 saturated carbocycles. The Bertz CT molecular complexity index is 954. The summed E-state index contributed by atoms with van der Waals surface area (Å²) in [5.41, 5.74) is 2.08. The van der Waals surface area contributed by atoms with E-state index in [-0.39, 0.29) is 17.6 Å². The lowest BCUT2D eigenvalue weighted by Gasteiger charge is -2.36. The van der Waals surface area contributed by atoms with Crippen molar-refractivity contribution < 1.29 is 18.3 Å². The molecule has 1 aliphatic carbocycles. The minimum Gasteiger partial charge on any atom is -0.394 e. The highest BCUT2D eigenvalue weighted by Gasteiger charge is 2.34. The molecule has 9 heteroatoms. The van der Waals surface area contributed by atoms with E-state index >= 15 is 0 Å². The molecule has 1 aromatic carbocycles. The maximum absolute atomic E-state index is 12.7. The van der Waals surface area contributed by atoms with E-state index < -0.39 is 22.2 Å². The molecule has 0 unspecified atom stereocenters. The highest BCUT2D eigenvalue weighted by Crippen LogP contribution is 2.32.